The third-order valence-electron chi connectivity index (χ3n) is 5.94. The van der Waals surface area contributed by atoms with Crippen LogP contribution in [0.15, 0.2) is 0 Å². The summed E-state index contributed by atoms with van der Waals surface area (Å²) in [5.74, 6) is 0.732. The molecule has 18 heavy (non-hydrogen) atoms. The highest BCUT2D eigenvalue weighted by atomic mass is 15.2. The molecule has 3 heteroatoms. The smallest absolute Gasteiger partial charge is 0.0125 e. The predicted octanol–water partition coefficient (Wildman–Crippen LogP) is 1.67. The number of nitrogens with two attached hydrogens (primary N) is 1. The number of piperidine rings is 2. The standard InChI is InChI=1S/C15H29N3/c1-3-11-10-18(7-6-15(11)16)14-8-12-4-5-13(9-14)17(12)2/h11-15H,3-10,16H2,1-2H3. The lowest BCUT2D eigenvalue weighted by molar-refractivity contribution is 0.0414. The minimum atomic E-state index is 0.453. The summed E-state index contributed by atoms with van der Waals surface area (Å²) in [5, 5.41) is 0. The molecule has 3 heterocycles. The Hall–Kier alpha value is -0.120. The highest BCUT2D eigenvalue weighted by Gasteiger charge is 2.41. The predicted molar refractivity (Wildman–Crippen MR) is 75.5 cm³/mol. The Morgan fingerprint density at radius 1 is 1.06 bits per heavy atom. The molecule has 104 valence electrons. The van der Waals surface area contributed by atoms with Crippen LogP contribution < -0.4 is 5.73 Å². The second-order valence-corrected chi connectivity index (χ2v) is 6.79. The molecule has 0 amide bonds. The van der Waals surface area contributed by atoms with E-state index in [-0.39, 0.29) is 0 Å². The van der Waals surface area contributed by atoms with E-state index in [1.54, 1.807) is 0 Å². The van der Waals surface area contributed by atoms with Crippen LogP contribution in [0.25, 0.3) is 0 Å². The first kappa shape index (κ1) is 12.9. The molecular formula is C15H29N3. The fourth-order valence-electron chi connectivity index (χ4n) is 4.52. The number of likely N-dealkylation sites (tertiary alicyclic amines) is 1. The Kier molecular flexibility index (Phi) is 3.65. The van der Waals surface area contributed by atoms with Crippen LogP contribution in [0, 0.1) is 5.92 Å². The van der Waals surface area contributed by atoms with Gasteiger partial charge in [0.25, 0.3) is 0 Å². The van der Waals surface area contributed by atoms with E-state index in [9.17, 15) is 0 Å². The third kappa shape index (κ3) is 2.21. The van der Waals surface area contributed by atoms with Crippen LogP contribution in [0.5, 0.6) is 0 Å². The zero-order chi connectivity index (χ0) is 12.7. The maximum absolute atomic E-state index is 6.24. The molecule has 0 aromatic heterocycles. The molecule has 3 rings (SSSR count). The highest BCUT2D eigenvalue weighted by Crippen LogP contribution is 2.37. The Morgan fingerprint density at radius 3 is 2.33 bits per heavy atom. The van der Waals surface area contributed by atoms with Gasteiger partial charge in [-0.3, -0.25) is 4.90 Å². The summed E-state index contributed by atoms with van der Waals surface area (Å²) in [6, 6.07) is 3.03. The summed E-state index contributed by atoms with van der Waals surface area (Å²) in [4.78, 5) is 5.42. The molecular weight excluding hydrogens is 222 g/mol. The van der Waals surface area contributed by atoms with Crippen molar-refractivity contribution >= 4 is 0 Å². The lowest BCUT2D eigenvalue weighted by Gasteiger charge is -2.46. The number of rotatable bonds is 2. The molecule has 0 aromatic carbocycles. The Bertz CT molecular complexity index is 279. The lowest BCUT2D eigenvalue weighted by Crippen LogP contribution is -2.54. The van der Waals surface area contributed by atoms with Gasteiger partial charge in [-0.1, -0.05) is 13.3 Å². The number of nitrogens with zero attached hydrogens (tertiary/aromatic N) is 2. The van der Waals surface area contributed by atoms with Gasteiger partial charge in [0.15, 0.2) is 0 Å². The molecule has 0 aliphatic carbocycles. The van der Waals surface area contributed by atoms with Gasteiger partial charge in [0.05, 0.1) is 0 Å². The van der Waals surface area contributed by atoms with Crippen LogP contribution in [0.1, 0.15) is 45.4 Å². The second-order valence-electron chi connectivity index (χ2n) is 6.79. The largest absolute Gasteiger partial charge is 0.327 e. The Labute approximate surface area is 112 Å². The first-order valence-electron chi connectivity index (χ1n) is 7.90. The van der Waals surface area contributed by atoms with Crippen molar-refractivity contribution in [3.63, 3.8) is 0 Å². The average molecular weight is 251 g/mol. The first-order chi connectivity index (χ1) is 8.69. The molecule has 2 bridgehead atoms. The van der Waals surface area contributed by atoms with Crippen molar-refractivity contribution < 1.29 is 0 Å². The van der Waals surface area contributed by atoms with E-state index in [1.165, 1.54) is 51.6 Å². The fraction of sp³-hybridized carbons (Fsp3) is 1.00. The molecule has 3 saturated heterocycles. The van der Waals surface area contributed by atoms with E-state index < -0.39 is 0 Å². The summed E-state index contributed by atoms with van der Waals surface area (Å²) >= 11 is 0. The van der Waals surface area contributed by atoms with Gasteiger partial charge in [-0.2, -0.15) is 0 Å². The van der Waals surface area contributed by atoms with Gasteiger partial charge in [-0.25, -0.2) is 0 Å². The quantitative estimate of drug-likeness (QED) is 0.810. The van der Waals surface area contributed by atoms with Crippen molar-refractivity contribution in [2.24, 2.45) is 11.7 Å². The zero-order valence-corrected chi connectivity index (χ0v) is 12.0. The minimum absolute atomic E-state index is 0.453. The normalized spacial score (nSPS) is 46.5. The molecule has 0 radical (unpaired) electrons. The van der Waals surface area contributed by atoms with Crippen molar-refractivity contribution in [3.05, 3.63) is 0 Å². The van der Waals surface area contributed by atoms with Crippen molar-refractivity contribution in [1.29, 1.82) is 0 Å². The second kappa shape index (κ2) is 5.10. The van der Waals surface area contributed by atoms with Crippen LogP contribution in [0.4, 0.5) is 0 Å². The molecule has 4 atom stereocenters. The molecule has 3 nitrogen and oxygen atoms in total. The Morgan fingerprint density at radius 2 is 1.72 bits per heavy atom. The molecule has 3 fully saturated rings. The number of fused-ring (bicyclic) bond motifs is 2. The fourth-order valence-corrected chi connectivity index (χ4v) is 4.52. The lowest BCUT2D eigenvalue weighted by atomic mass is 9.87. The molecule has 3 aliphatic heterocycles. The molecule has 0 saturated carbocycles. The average Bonchev–Trinajstić information content (AvgIpc) is 2.62. The van der Waals surface area contributed by atoms with E-state index in [0.717, 1.165) is 24.0 Å². The van der Waals surface area contributed by atoms with Crippen molar-refractivity contribution in [2.75, 3.05) is 20.1 Å². The van der Waals surface area contributed by atoms with Gasteiger partial charge in [-0.05, 0) is 51.6 Å². The van der Waals surface area contributed by atoms with Crippen molar-refractivity contribution in [3.8, 4) is 0 Å². The van der Waals surface area contributed by atoms with Crippen LogP contribution in [0.2, 0.25) is 0 Å². The van der Waals surface area contributed by atoms with Crippen molar-refractivity contribution in [1.82, 2.24) is 9.80 Å². The van der Waals surface area contributed by atoms with Gasteiger partial charge in [0, 0.05) is 30.7 Å². The van der Waals surface area contributed by atoms with Crippen LogP contribution in [-0.4, -0.2) is 54.1 Å². The third-order valence-corrected chi connectivity index (χ3v) is 5.94. The van der Waals surface area contributed by atoms with Gasteiger partial charge >= 0.3 is 0 Å². The Balaban J connectivity index is 1.62. The first-order valence-corrected chi connectivity index (χ1v) is 7.90. The maximum atomic E-state index is 6.24. The monoisotopic (exact) mass is 251 g/mol. The highest BCUT2D eigenvalue weighted by molar-refractivity contribution is 4.98. The SMILES string of the molecule is CCC1CN(C2CC3CCC(C2)N3C)CCC1N. The number of hydrogen-bond acceptors (Lipinski definition) is 3. The van der Waals surface area contributed by atoms with Crippen LogP contribution in [-0.2, 0) is 0 Å². The van der Waals surface area contributed by atoms with Gasteiger partial charge in [0.1, 0.15) is 0 Å². The van der Waals surface area contributed by atoms with E-state index in [0.29, 0.717) is 6.04 Å². The summed E-state index contributed by atoms with van der Waals surface area (Å²) < 4.78 is 0. The zero-order valence-electron chi connectivity index (χ0n) is 12.0. The van der Waals surface area contributed by atoms with Gasteiger partial charge < -0.3 is 10.6 Å². The maximum Gasteiger partial charge on any atom is 0.0125 e. The molecule has 2 N–H and O–H groups in total. The van der Waals surface area contributed by atoms with Crippen LogP contribution >= 0.6 is 0 Å². The van der Waals surface area contributed by atoms with Gasteiger partial charge in [0.2, 0.25) is 0 Å². The summed E-state index contributed by atoms with van der Waals surface area (Å²) in [7, 11) is 2.33. The van der Waals surface area contributed by atoms with E-state index in [1.807, 2.05) is 0 Å². The van der Waals surface area contributed by atoms with E-state index >= 15 is 0 Å². The number of hydrogen-bond donors (Lipinski definition) is 1. The molecule has 4 unspecified atom stereocenters. The topological polar surface area (TPSA) is 32.5 Å². The summed E-state index contributed by atoms with van der Waals surface area (Å²) in [5.41, 5.74) is 6.24. The van der Waals surface area contributed by atoms with Crippen LogP contribution in [0.3, 0.4) is 0 Å². The minimum Gasteiger partial charge on any atom is -0.327 e. The molecule has 0 aromatic rings. The summed E-state index contributed by atoms with van der Waals surface area (Å²) in [6.45, 7) is 4.79. The van der Waals surface area contributed by atoms with E-state index in [4.69, 9.17) is 5.73 Å². The van der Waals surface area contributed by atoms with E-state index in [2.05, 4.69) is 23.8 Å². The van der Waals surface area contributed by atoms with Gasteiger partial charge in [-0.15, -0.1) is 0 Å². The van der Waals surface area contributed by atoms with Crippen molar-refractivity contribution in [2.45, 2.75) is 69.6 Å². The molecule has 0 spiro atoms. The molecule has 3 aliphatic rings. The summed E-state index contributed by atoms with van der Waals surface area (Å²) in [6.07, 6.45) is 8.12.